The fraction of sp³-hybridized carbons (Fsp3) is 0.700. The van der Waals surface area contributed by atoms with E-state index in [1.165, 1.54) is 6.42 Å². The number of oxazole rings is 1. The minimum atomic E-state index is 0.701. The molecule has 80 valence electrons. The summed E-state index contributed by atoms with van der Waals surface area (Å²) in [6.07, 6.45) is 1.19. The third kappa shape index (κ3) is 3.31. The third-order valence-electron chi connectivity index (χ3n) is 2.25. The number of alkyl halides is 1. The van der Waals surface area contributed by atoms with Crippen LogP contribution in [0.2, 0.25) is 0 Å². The number of aromatic nitrogens is 1. The van der Waals surface area contributed by atoms with E-state index in [1.54, 1.807) is 11.8 Å². The van der Waals surface area contributed by atoms with Gasteiger partial charge in [0.1, 0.15) is 5.76 Å². The van der Waals surface area contributed by atoms with E-state index in [-0.39, 0.29) is 0 Å². The lowest BCUT2D eigenvalue weighted by atomic mass is 10.2. The normalized spacial score (nSPS) is 13.1. The first-order valence-corrected chi connectivity index (χ1v) is 6.90. The van der Waals surface area contributed by atoms with Gasteiger partial charge in [0.25, 0.3) is 5.22 Å². The zero-order valence-electron chi connectivity index (χ0n) is 8.84. The molecule has 14 heavy (non-hydrogen) atoms. The molecular weight excluding hydrogens is 262 g/mol. The fourth-order valence-electron chi connectivity index (χ4n) is 0.966. The Bertz CT molecular complexity index is 264. The Kier molecular flexibility index (Phi) is 5.02. The Morgan fingerprint density at radius 2 is 2.21 bits per heavy atom. The minimum Gasteiger partial charge on any atom is -0.437 e. The Morgan fingerprint density at radius 1 is 1.50 bits per heavy atom. The minimum absolute atomic E-state index is 0.701. The molecular formula is C10H16BrNOS. The molecule has 0 N–H and O–H groups in total. The molecule has 0 bridgehead atoms. The molecule has 1 rings (SSSR count). The maximum atomic E-state index is 5.49. The van der Waals surface area contributed by atoms with E-state index < -0.39 is 0 Å². The molecule has 1 atom stereocenters. The Labute approximate surface area is 98.0 Å². The molecule has 0 aliphatic rings. The maximum Gasteiger partial charge on any atom is 0.256 e. The summed E-state index contributed by atoms with van der Waals surface area (Å²) in [5.41, 5.74) is 0.999. The standard InChI is InChI=1S/C10H16BrNOS/c1-4-9(5-11)6-14-10-12-7(2)8(3)13-10/h9H,4-6H2,1-3H3. The fourth-order valence-corrected chi connectivity index (χ4v) is 3.07. The van der Waals surface area contributed by atoms with E-state index in [0.717, 1.165) is 27.8 Å². The van der Waals surface area contributed by atoms with Gasteiger partial charge in [-0.3, -0.25) is 0 Å². The van der Waals surface area contributed by atoms with Crippen molar-refractivity contribution in [1.82, 2.24) is 4.98 Å². The second-order valence-corrected chi connectivity index (χ2v) is 4.98. The number of thioether (sulfide) groups is 1. The van der Waals surface area contributed by atoms with E-state index in [4.69, 9.17) is 4.42 Å². The van der Waals surface area contributed by atoms with Gasteiger partial charge >= 0.3 is 0 Å². The quantitative estimate of drug-likeness (QED) is 0.605. The van der Waals surface area contributed by atoms with Crippen LogP contribution in [-0.4, -0.2) is 16.1 Å². The van der Waals surface area contributed by atoms with Crippen LogP contribution >= 0.6 is 27.7 Å². The van der Waals surface area contributed by atoms with E-state index >= 15 is 0 Å². The Balaban J connectivity index is 2.45. The van der Waals surface area contributed by atoms with Crippen LogP contribution < -0.4 is 0 Å². The van der Waals surface area contributed by atoms with Crippen molar-refractivity contribution in [3.05, 3.63) is 11.5 Å². The van der Waals surface area contributed by atoms with Crippen LogP contribution in [0.15, 0.2) is 9.64 Å². The van der Waals surface area contributed by atoms with Gasteiger partial charge in [0, 0.05) is 11.1 Å². The van der Waals surface area contributed by atoms with Gasteiger partial charge < -0.3 is 4.42 Å². The third-order valence-corrected chi connectivity index (χ3v) is 4.22. The SMILES string of the molecule is CCC(CBr)CSc1nc(C)c(C)o1. The van der Waals surface area contributed by atoms with Gasteiger partial charge in [0.05, 0.1) is 5.69 Å². The van der Waals surface area contributed by atoms with Gasteiger partial charge in [-0.05, 0) is 19.8 Å². The van der Waals surface area contributed by atoms with Crippen LogP contribution in [0.1, 0.15) is 24.8 Å². The molecule has 0 saturated carbocycles. The van der Waals surface area contributed by atoms with Crippen molar-refractivity contribution in [2.45, 2.75) is 32.4 Å². The molecule has 0 saturated heterocycles. The summed E-state index contributed by atoms with van der Waals surface area (Å²) >= 11 is 5.21. The molecule has 1 heterocycles. The molecule has 1 aromatic heterocycles. The monoisotopic (exact) mass is 277 g/mol. The molecule has 1 aromatic rings. The van der Waals surface area contributed by atoms with E-state index in [9.17, 15) is 0 Å². The first-order chi connectivity index (χ1) is 6.67. The van der Waals surface area contributed by atoms with Crippen molar-refractivity contribution < 1.29 is 4.42 Å². The zero-order chi connectivity index (χ0) is 10.6. The van der Waals surface area contributed by atoms with Crippen molar-refractivity contribution in [1.29, 1.82) is 0 Å². The highest BCUT2D eigenvalue weighted by Gasteiger charge is 2.09. The number of hydrogen-bond donors (Lipinski definition) is 0. The molecule has 4 heteroatoms. The number of hydrogen-bond acceptors (Lipinski definition) is 3. The van der Waals surface area contributed by atoms with Crippen LogP contribution in [0, 0.1) is 19.8 Å². The smallest absolute Gasteiger partial charge is 0.256 e. The largest absolute Gasteiger partial charge is 0.437 e. The van der Waals surface area contributed by atoms with Crippen LogP contribution in [0.5, 0.6) is 0 Å². The van der Waals surface area contributed by atoms with Crippen molar-refractivity contribution in [2.24, 2.45) is 5.92 Å². The van der Waals surface area contributed by atoms with Crippen LogP contribution in [0.4, 0.5) is 0 Å². The predicted molar refractivity (Wildman–Crippen MR) is 64.3 cm³/mol. The summed E-state index contributed by atoms with van der Waals surface area (Å²) in [6.45, 7) is 6.14. The second kappa shape index (κ2) is 5.81. The van der Waals surface area contributed by atoms with Crippen LogP contribution in [0.25, 0.3) is 0 Å². The van der Waals surface area contributed by atoms with Crippen LogP contribution in [0.3, 0.4) is 0 Å². The van der Waals surface area contributed by atoms with Gasteiger partial charge in [0.2, 0.25) is 0 Å². The first kappa shape index (κ1) is 12.1. The molecule has 0 amide bonds. The number of halogens is 1. The molecule has 0 aliphatic heterocycles. The van der Waals surface area contributed by atoms with Crippen molar-refractivity contribution >= 4 is 27.7 Å². The van der Waals surface area contributed by atoms with E-state index in [2.05, 4.69) is 27.8 Å². The van der Waals surface area contributed by atoms with Gasteiger partial charge in [-0.25, -0.2) is 4.98 Å². The molecule has 0 aliphatic carbocycles. The second-order valence-electron chi connectivity index (χ2n) is 3.36. The molecule has 0 radical (unpaired) electrons. The van der Waals surface area contributed by atoms with Gasteiger partial charge in [-0.1, -0.05) is 41.0 Å². The first-order valence-electron chi connectivity index (χ1n) is 4.80. The van der Waals surface area contributed by atoms with E-state index in [0.29, 0.717) is 5.92 Å². The van der Waals surface area contributed by atoms with Gasteiger partial charge in [-0.2, -0.15) is 0 Å². The molecule has 0 aromatic carbocycles. The van der Waals surface area contributed by atoms with Crippen molar-refractivity contribution in [3.63, 3.8) is 0 Å². The number of nitrogens with zero attached hydrogens (tertiary/aromatic N) is 1. The van der Waals surface area contributed by atoms with Gasteiger partial charge in [0.15, 0.2) is 0 Å². The summed E-state index contributed by atoms with van der Waals surface area (Å²) in [6, 6.07) is 0. The highest BCUT2D eigenvalue weighted by Crippen LogP contribution is 2.24. The summed E-state index contributed by atoms with van der Waals surface area (Å²) in [4.78, 5) is 4.33. The summed E-state index contributed by atoms with van der Waals surface area (Å²) in [5, 5.41) is 1.86. The zero-order valence-corrected chi connectivity index (χ0v) is 11.2. The summed E-state index contributed by atoms with van der Waals surface area (Å²) < 4.78 is 5.49. The van der Waals surface area contributed by atoms with Gasteiger partial charge in [-0.15, -0.1) is 0 Å². The lowest BCUT2D eigenvalue weighted by Gasteiger charge is -2.07. The summed E-state index contributed by atoms with van der Waals surface area (Å²) in [5.74, 6) is 2.70. The number of rotatable bonds is 5. The number of aryl methyl sites for hydroxylation is 2. The molecule has 2 nitrogen and oxygen atoms in total. The Morgan fingerprint density at radius 3 is 2.64 bits per heavy atom. The molecule has 0 spiro atoms. The highest BCUT2D eigenvalue weighted by molar-refractivity contribution is 9.09. The highest BCUT2D eigenvalue weighted by atomic mass is 79.9. The average molecular weight is 278 g/mol. The lowest BCUT2D eigenvalue weighted by molar-refractivity contribution is 0.430. The van der Waals surface area contributed by atoms with E-state index in [1.807, 2.05) is 13.8 Å². The van der Waals surface area contributed by atoms with Crippen molar-refractivity contribution in [2.75, 3.05) is 11.1 Å². The van der Waals surface area contributed by atoms with Crippen LogP contribution in [-0.2, 0) is 0 Å². The topological polar surface area (TPSA) is 26.0 Å². The molecule has 0 fully saturated rings. The van der Waals surface area contributed by atoms with Crippen molar-refractivity contribution in [3.8, 4) is 0 Å². The Hall–Kier alpha value is 0.0400. The maximum absolute atomic E-state index is 5.49. The average Bonchev–Trinajstić information content (AvgIpc) is 2.48. The molecule has 1 unspecified atom stereocenters. The lowest BCUT2D eigenvalue weighted by Crippen LogP contribution is -2.02. The summed E-state index contributed by atoms with van der Waals surface area (Å²) in [7, 11) is 0. The predicted octanol–water partition coefficient (Wildman–Crippen LogP) is 3.80.